The van der Waals surface area contributed by atoms with Gasteiger partial charge in [0.2, 0.25) is 5.95 Å². The fourth-order valence-electron chi connectivity index (χ4n) is 3.88. The van der Waals surface area contributed by atoms with Gasteiger partial charge >= 0.3 is 0 Å². The molecule has 3 heterocycles. The predicted octanol–water partition coefficient (Wildman–Crippen LogP) is 4.74. The fourth-order valence-corrected chi connectivity index (χ4v) is 4.08. The molecule has 170 valence electrons. The van der Waals surface area contributed by atoms with Crippen LogP contribution in [0.25, 0.3) is 11.3 Å². The van der Waals surface area contributed by atoms with Crippen molar-refractivity contribution in [1.82, 2.24) is 24.6 Å². The van der Waals surface area contributed by atoms with E-state index in [1.165, 1.54) is 0 Å². The molecule has 0 bridgehead atoms. The van der Waals surface area contributed by atoms with Crippen LogP contribution in [0.4, 0.5) is 11.6 Å². The van der Waals surface area contributed by atoms with Crippen molar-refractivity contribution in [1.29, 1.82) is 5.26 Å². The SMILES string of the molecule is C[C@H](C#N)CC(=O)c1ccc(-c2nc(Nc3cnn(C4CCN(C)CC4)c3)ncc2Cl)cc1. The molecule has 1 fully saturated rings. The second-order valence-electron chi connectivity index (χ2n) is 8.49. The first-order chi connectivity index (χ1) is 15.9. The van der Waals surface area contributed by atoms with Crippen molar-refractivity contribution in [3.63, 3.8) is 0 Å². The van der Waals surface area contributed by atoms with Crippen LogP contribution in [0.5, 0.6) is 0 Å². The summed E-state index contributed by atoms with van der Waals surface area (Å²) in [7, 11) is 2.14. The van der Waals surface area contributed by atoms with Crippen LogP contribution in [0.1, 0.15) is 42.6 Å². The maximum absolute atomic E-state index is 12.3. The Morgan fingerprint density at radius 3 is 2.70 bits per heavy atom. The Bertz CT molecular complexity index is 1160. The largest absolute Gasteiger partial charge is 0.321 e. The van der Waals surface area contributed by atoms with Crippen molar-refractivity contribution in [3.8, 4) is 17.3 Å². The molecule has 1 aliphatic rings. The number of halogens is 1. The van der Waals surface area contributed by atoms with Gasteiger partial charge in [0.25, 0.3) is 0 Å². The molecule has 0 unspecified atom stereocenters. The first kappa shape index (κ1) is 22.9. The summed E-state index contributed by atoms with van der Waals surface area (Å²) in [6.45, 7) is 3.87. The van der Waals surface area contributed by atoms with Gasteiger partial charge in [-0.05, 0) is 39.9 Å². The molecule has 4 rings (SSSR count). The number of hydrogen-bond acceptors (Lipinski definition) is 7. The third-order valence-electron chi connectivity index (χ3n) is 5.86. The van der Waals surface area contributed by atoms with E-state index in [1.54, 1.807) is 43.6 Å². The molecule has 0 amide bonds. The van der Waals surface area contributed by atoms with E-state index >= 15 is 0 Å². The Hall–Kier alpha value is -3.28. The number of nitriles is 1. The van der Waals surface area contributed by atoms with E-state index in [2.05, 4.69) is 38.4 Å². The van der Waals surface area contributed by atoms with E-state index in [1.807, 2.05) is 10.9 Å². The molecule has 8 nitrogen and oxygen atoms in total. The van der Waals surface area contributed by atoms with Gasteiger partial charge in [-0.2, -0.15) is 10.4 Å². The molecular weight excluding hydrogens is 438 g/mol. The van der Waals surface area contributed by atoms with E-state index < -0.39 is 0 Å². The van der Waals surface area contributed by atoms with Crippen LogP contribution in [-0.2, 0) is 0 Å². The molecule has 1 saturated heterocycles. The standard InChI is InChI=1S/C24H26ClN7O/c1-16(12-26)11-22(33)17-3-5-18(6-4-17)23-21(25)14-27-24(30-23)29-19-13-28-32(15-19)20-7-9-31(2)10-8-20/h3-6,13-16,20H,7-11H2,1-2H3,(H,27,29,30)/t16-/m0/s1. The molecule has 0 spiro atoms. The van der Waals surface area contributed by atoms with Gasteiger partial charge in [-0.15, -0.1) is 0 Å². The lowest BCUT2D eigenvalue weighted by molar-refractivity contribution is 0.0973. The van der Waals surface area contributed by atoms with Gasteiger partial charge in [-0.3, -0.25) is 9.48 Å². The van der Waals surface area contributed by atoms with Crippen molar-refractivity contribution in [3.05, 3.63) is 53.4 Å². The van der Waals surface area contributed by atoms with Crippen molar-refractivity contribution < 1.29 is 4.79 Å². The molecule has 1 aliphatic heterocycles. The van der Waals surface area contributed by atoms with Crippen LogP contribution in [-0.4, -0.2) is 50.6 Å². The molecule has 2 aromatic heterocycles. The quantitative estimate of drug-likeness (QED) is 0.505. The van der Waals surface area contributed by atoms with Gasteiger partial charge < -0.3 is 10.2 Å². The van der Waals surface area contributed by atoms with Crippen molar-refractivity contribution in [2.24, 2.45) is 5.92 Å². The highest BCUT2D eigenvalue weighted by Gasteiger charge is 2.19. The molecule has 0 saturated carbocycles. The number of piperidine rings is 1. The first-order valence-corrected chi connectivity index (χ1v) is 11.4. The highest BCUT2D eigenvalue weighted by atomic mass is 35.5. The molecule has 1 N–H and O–H groups in total. The number of likely N-dealkylation sites (tertiary alicyclic amines) is 1. The monoisotopic (exact) mass is 463 g/mol. The van der Waals surface area contributed by atoms with E-state index in [-0.39, 0.29) is 18.1 Å². The predicted molar refractivity (Wildman–Crippen MR) is 127 cm³/mol. The Balaban J connectivity index is 1.47. The highest BCUT2D eigenvalue weighted by molar-refractivity contribution is 6.32. The zero-order valence-electron chi connectivity index (χ0n) is 18.7. The normalized spacial score (nSPS) is 15.7. The number of ketones is 1. The van der Waals surface area contributed by atoms with Crippen LogP contribution in [0, 0.1) is 17.2 Å². The van der Waals surface area contributed by atoms with E-state index in [0.29, 0.717) is 28.3 Å². The number of benzene rings is 1. The number of anilines is 2. The number of Topliss-reactive ketones (excluding diaryl/α,β-unsaturated/α-hetero) is 1. The van der Waals surface area contributed by atoms with Gasteiger partial charge in [-0.1, -0.05) is 35.9 Å². The topological polar surface area (TPSA) is 99.7 Å². The number of nitrogens with one attached hydrogen (secondary N) is 1. The van der Waals surface area contributed by atoms with Crippen molar-refractivity contribution in [2.45, 2.75) is 32.2 Å². The molecular formula is C24H26ClN7O. The van der Waals surface area contributed by atoms with Crippen LogP contribution in [0.2, 0.25) is 5.02 Å². The van der Waals surface area contributed by atoms with E-state index in [9.17, 15) is 4.79 Å². The first-order valence-electron chi connectivity index (χ1n) is 11.0. The summed E-state index contributed by atoms with van der Waals surface area (Å²) in [4.78, 5) is 23.5. The lowest BCUT2D eigenvalue weighted by Gasteiger charge is -2.28. The summed E-state index contributed by atoms with van der Waals surface area (Å²) in [6.07, 6.45) is 7.67. The molecule has 3 aromatic rings. The average molecular weight is 464 g/mol. The Kier molecular flexibility index (Phi) is 7.02. The van der Waals surface area contributed by atoms with Gasteiger partial charge in [0, 0.05) is 23.7 Å². The maximum Gasteiger partial charge on any atom is 0.227 e. The number of rotatable bonds is 7. The third kappa shape index (κ3) is 5.56. The smallest absolute Gasteiger partial charge is 0.227 e. The van der Waals surface area contributed by atoms with Crippen molar-refractivity contribution >= 4 is 29.0 Å². The molecule has 9 heteroatoms. The van der Waals surface area contributed by atoms with E-state index in [0.717, 1.165) is 37.2 Å². The van der Waals surface area contributed by atoms with Crippen LogP contribution in [0.15, 0.2) is 42.9 Å². The molecule has 0 radical (unpaired) electrons. The minimum atomic E-state index is -0.314. The number of carbonyl (C=O) groups is 1. The molecule has 1 aromatic carbocycles. The Morgan fingerprint density at radius 1 is 1.27 bits per heavy atom. The second-order valence-corrected chi connectivity index (χ2v) is 8.90. The third-order valence-corrected chi connectivity index (χ3v) is 6.13. The summed E-state index contributed by atoms with van der Waals surface area (Å²) >= 11 is 6.36. The lowest BCUT2D eigenvalue weighted by Crippen LogP contribution is -2.31. The summed E-state index contributed by atoms with van der Waals surface area (Å²) in [5.74, 6) is 0.0413. The van der Waals surface area contributed by atoms with Crippen molar-refractivity contribution in [2.75, 3.05) is 25.5 Å². The summed E-state index contributed by atoms with van der Waals surface area (Å²) in [6, 6.07) is 9.57. The zero-order chi connectivity index (χ0) is 23.4. The Morgan fingerprint density at radius 2 is 2.00 bits per heavy atom. The van der Waals surface area contributed by atoms with Crippen LogP contribution in [0.3, 0.4) is 0 Å². The fraction of sp³-hybridized carbons (Fsp3) is 0.375. The number of hydrogen-bond donors (Lipinski definition) is 1. The number of nitrogens with zero attached hydrogens (tertiary/aromatic N) is 6. The highest BCUT2D eigenvalue weighted by Crippen LogP contribution is 2.28. The van der Waals surface area contributed by atoms with Gasteiger partial charge in [-0.25, -0.2) is 9.97 Å². The van der Waals surface area contributed by atoms with Crippen LogP contribution >= 0.6 is 11.6 Å². The van der Waals surface area contributed by atoms with Gasteiger partial charge in [0.15, 0.2) is 5.78 Å². The minimum absolute atomic E-state index is 0.0617. The number of aromatic nitrogens is 4. The molecule has 1 atom stereocenters. The molecule has 33 heavy (non-hydrogen) atoms. The minimum Gasteiger partial charge on any atom is -0.321 e. The Labute approximate surface area is 198 Å². The van der Waals surface area contributed by atoms with E-state index in [4.69, 9.17) is 16.9 Å². The average Bonchev–Trinajstić information content (AvgIpc) is 3.29. The lowest BCUT2D eigenvalue weighted by atomic mass is 9.99. The maximum atomic E-state index is 12.3. The van der Waals surface area contributed by atoms with Crippen LogP contribution < -0.4 is 5.32 Å². The second kappa shape index (κ2) is 10.1. The number of carbonyl (C=O) groups excluding carboxylic acids is 1. The zero-order valence-corrected chi connectivity index (χ0v) is 19.5. The molecule has 0 aliphatic carbocycles. The summed E-state index contributed by atoms with van der Waals surface area (Å²) < 4.78 is 2.01. The summed E-state index contributed by atoms with van der Waals surface area (Å²) in [5, 5.41) is 17.1. The van der Waals surface area contributed by atoms with Gasteiger partial charge in [0.1, 0.15) is 0 Å². The summed E-state index contributed by atoms with van der Waals surface area (Å²) in [5.41, 5.74) is 2.72. The van der Waals surface area contributed by atoms with Gasteiger partial charge in [0.05, 0.1) is 46.8 Å².